The molecule has 0 saturated heterocycles. The summed E-state index contributed by atoms with van der Waals surface area (Å²) in [5.74, 6) is 1.29. The molecule has 0 aliphatic heterocycles. The van der Waals surface area contributed by atoms with Crippen LogP contribution in [0.1, 0.15) is 5.56 Å². The number of nitrogens with one attached hydrogen (secondary N) is 1. The lowest BCUT2D eigenvalue weighted by Crippen LogP contribution is -2.25. The second kappa shape index (κ2) is 8.64. The minimum absolute atomic E-state index is 0.239. The normalized spacial score (nSPS) is 11.9. The van der Waals surface area contributed by atoms with Crippen LogP contribution in [0.3, 0.4) is 0 Å². The van der Waals surface area contributed by atoms with Crippen LogP contribution in [-0.4, -0.2) is 33.4 Å². The Hall–Kier alpha value is -3.24. The number of hydrogen-bond acceptors (Lipinski definition) is 7. The maximum atomic E-state index is 13.5. The topological polar surface area (TPSA) is 97.4 Å². The number of methoxy groups -OCH3 is 2. The van der Waals surface area contributed by atoms with Gasteiger partial charge in [-0.1, -0.05) is 0 Å². The first-order valence-electron chi connectivity index (χ1n) is 8.88. The molecule has 0 bridgehead atoms. The molecule has 0 radical (unpaired) electrons. The molecule has 2 heterocycles. The summed E-state index contributed by atoms with van der Waals surface area (Å²) in [5.41, 5.74) is 1.07. The highest BCUT2D eigenvalue weighted by Gasteiger charge is 2.21. The fourth-order valence-electron chi connectivity index (χ4n) is 2.96. The average molecular weight is 443 g/mol. The SMILES string of the molecule is COc1ccc(CN(c2nccs2)S(=O)c2ccc3c(=O)[nH]cnc3c2)c(OC)c1. The van der Waals surface area contributed by atoms with E-state index in [2.05, 4.69) is 15.0 Å². The molecule has 154 valence electrons. The number of aromatic amines is 1. The Morgan fingerprint density at radius 3 is 2.73 bits per heavy atom. The Morgan fingerprint density at radius 2 is 2.00 bits per heavy atom. The molecule has 30 heavy (non-hydrogen) atoms. The summed E-state index contributed by atoms with van der Waals surface area (Å²) in [5, 5.41) is 2.87. The predicted octanol–water partition coefficient (Wildman–Crippen LogP) is 3.13. The van der Waals surface area contributed by atoms with Crippen LogP contribution in [0, 0.1) is 0 Å². The third kappa shape index (κ3) is 3.91. The zero-order valence-corrected chi connectivity index (χ0v) is 17.8. The lowest BCUT2D eigenvalue weighted by molar-refractivity contribution is 0.391. The minimum atomic E-state index is -1.59. The van der Waals surface area contributed by atoms with Gasteiger partial charge in [-0.05, 0) is 30.3 Å². The summed E-state index contributed by atoms with van der Waals surface area (Å²) in [7, 11) is 1.58. The van der Waals surface area contributed by atoms with Crippen LogP contribution in [0.15, 0.2) is 64.0 Å². The van der Waals surface area contributed by atoms with E-state index >= 15 is 0 Å². The number of rotatable bonds is 7. The number of H-pyrrole nitrogens is 1. The van der Waals surface area contributed by atoms with Crippen molar-refractivity contribution >= 4 is 38.4 Å². The molecule has 8 nitrogen and oxygen atoms in total. The van der Waals surface area contributed by atoms with Gasteiger partial charge in [0.2, 0.25) is 0 Å². The quantitative estimate of drug-likeness (QED) is 0.472. The Labute approximate surface area is 178 Å². The summed E-state index contributed by atoms with van der Waals surface area (Å²) in [6.07, 6.45) is 3.00. The summed E-state index contributed by atoms with van der Waals surface area (Å²) < 4.78 is 26.0. The molecule has 1 atom stereocenters. The van der Waals surface area contributed by atoms with Gasteiger partial charge in [-0.15, -0.1) is 11.3 Å². The molecule has 10 heteroatoms. The minimum Gasteiger partial charge on any atom is -0.497 e. The fraction of sp³-hybridized carbons (Fsp3) is 0.150. The van der Waals surface area contributed by atoms with E-state index in [1.54, 1.807) is 49.0 Å². The molecule has 0 amide bonds. The van der Waals surface area contributed by atoms with E-state index < -0.39 is 11.0 Å². The molecule has 4 aromatic rings. The number of benzene rings is 2. The highest BCUT2D eigenvalue weighted by Crippen LogP contribution is 2.30. The van der Waals surface area contributed by atoms with Crippen molar-refractivity contribution in [1.29, 1.82) is 0 Å². The zero-order valence-electron chi connectivity index (χ0n) is 16.2. The van der Waals surface area contributed by atoms with Gasteiger partial charge >= 0.3 is 0 Å². The molecule has 2 aromatic heterocycles. The smallest absolute Gasteiger partial charge is 0.258 e. The van der Waals surface area contributed by atoms with E-state index in [1.807, 2.05) is 17.5 Å². The van der Waals surface area contributed by atoms with Crippen molar-refractivity contribution in [1.82, 2.24) is 15.0 Å². The number of hydrogen-bond donors (Lipinski definition) is 1. The van der Waals surface area contributed by atoms with Gasteiger partial charge in [0.1, 0.15) is 11.5 Å². The number of anilines is 1. The van der Waals surface area contributed by atoms with E-state index in [0.717, 1.165) is 5.56 Å². The number of aromatic nitrogens is 3. The molecule has 0 spiro atoms. The Bertz CT molecular complexity index is 1260. The van der Waals surface area contributed by atoms with E-state index in [4.69, 9.17) is 9.47 Å². The van der Waals surface area contributed by atoms with Crippen LogP contribution in [0.25, 0.3) is 10.9 Å². The van der Waals surface area contributed by atoms with Crippen LogP contribution in [0.4, 0.5) is 5.13 Å². The van der Waals surface area contributed by atoms with Gasteiger partial charge in [0.25, 0.3) is 5.56 Å². The monoisotopic (exact) mass is 442 g/mol. The number of nitrogens with zero attached hydrogens (tertiary/aromatic N) is 3. The van der Waals surface area contributed by atoms with Gasteiger partial charge in [0.05, 0.1) is 42.9 Å². The van der Waals surface area contributed by atoms with Crippen molar-refractivity contribution in [3.8, 4) is 11.5 Å². The molecular weight excluding hydrogens is 424 g/mol. The van der Waals surface area contributed by atoms with Gasteiger partial charge in [0, 0.05) is 23.2 Å². The van der Waals surface area contributed by atoms with Crippen molar-refractivity contribution < 1.29 is 13.7 Å². The predicted molar refractivity (Wildman–Crippen MR) is 117 cm³/mol. The van der Waals surface area contributed by atoms with Gasteiger partial charge in [-0.2, -0.15) is 0 Å². The lowest BCUT2D eigenvalue weighted by atomic mass is 10.2. The van der Waals surface area contributed by atoms with Crippen LogP contribution in [0.2, 0.25) is 0 Å². The Balaban J connectivity index is 1.73. The Kier molecular flexibility index (Phi) is 5.77. The van der Waals surface area contributed by atoms with Crippen LogP contribution < -0.4 is 19.3 Å². The average Bonchev–Trinajstić information content (AvgIpc) is 3.31. The molecular formula is C20H18N4O4S2. The van der Waals surface area contributed by atoms with Gasteiger partial charge in [-0.25, -0.2) is 14.2 Å². The highest BCUT2D eigenvalue weighted by molar-refractivity contribution is 7.86. The van der Waals surface area contributed by atoms with Gasteiger partial charge in [-0.3, -0.25) is 9.10 Å². The highest BCUT2D eigenvalue weighted by atomic mass is 32.2. The van der Waals surface area contributed by atoms with Crippen molar-refractivity contribution in [2.75, 3.05) is 18.5 Å². The number of ether oxygens (including phenoxy) is 2. The van der Waals surface area contributed by atoms with Crippen molar-refractivity contribution in [3.05, 3.63) is 70.2 Å². The summed E-state index contributed by atoms with van der Waals surface area (Å²) in [6, 6.07) is 10.4. The molecule has 0 aliphatic carbocycles. The van der Waals surface area contributed by atoms with E-state index in [9.17, 15) is 9.00 Å². The van der Waals surface area contributed by atoms with Crippen molar-refractivity contribution in [3.63, 3.8) is 0 Å². The number of thiazole rings is 1. The Morgan fingerprint density at radius 1 is 1.13 bits per heavy atom. The van der Waals surface area contributed by atoms with Gasteiger partial charge in [0.15, 0.2) is 16.1 Å². The first-order valence-corrected chi connectivity index (χ1v) is 10.9. The van der Waals surface area contributed by atoms with Crippen molar-refractivity contribution in [2.24, 2.45) is 0 Å². The lowest BCUT2D eigenvalue weighted by Gasteiger charge is -2.22. The maximum Gasteiger partial charge on any atom is 0.258 e. The van der Waals surface area contributed by atoms with Crippen LogP contribution in [0.5, 0.6) is 11.5 Å². The van der Waals surface area contributed by atoms with E-state index in [1.165, 1.54) is 17.7 Å². The largest absolute Gasteiger partial charge is 0.497 e. The first kappa shape index (κ1) is 20.0. The summed E-state index contributed by atoms with van der Waals surface area (Å²) in [6.45, 7) is 0.300. The molecule has 0 fully saturated rings. The molecule has 4 rings (SSSR count). The third-order valence-electron chi connectivity index (χ3n) is 4.46. The molecule has 1 unspecified atom stereocenters. The summed E-state index contributed by atoms with van der Waals surface area (Å²) in [4.78, 5) is 23.5. The number of fused-ring (bicyclic) bond motifs is 1. The molecule has 0 saturated carbocycles. The third-order valence-corrected chi connectivity index (χ3v) is 6.73. The van der Waals surface area contributed by atoms with Gasteiger partial charge < -0.3 is 14.5 Å². The van der Waals surface area contributed by atoms with Crippen LogP contribution >= 0.6 is 11.3 Å². The van der Waals surface area contributed by atoms with E-state index in [0.29, 0.717) is 39.0 Å². The van der Waals surface area contributed by atoms with Crippen LogP contribution in [-0.2, 0) is 17.5 Å². The molecule has 1 N–H and O–H groups in total. The van der Waals surface area contributed by atoms with E-state index in [-0.39, 0.29) is 5.56 Å². The first-order chi connectivity index (χ1) is 14.6. The second-order valence-corrected chi connectivity index (χ2v) is 8.47. The standard InChI is InChI=1S/C20H18N4O4S2/c1-27-14-4-3-13(18(9-14)28-2)11-24(20-21-7-8-29-20)30(26)15-5-6-16-17(10-15)22-12-23-19(16)25/h3-10,12H,11H2,1-2H3,(H,22,23,25). The summed E-state index contributed by atoms with van der Waals surface area (Å²) >= 11 is 1.39. The maximum absolute atomic E-state index is 13.5. The molecule has 0 aliphatic rings. The molecule has 2 aromatic carbocycles. The zero-order chi connectivity index (χ0) is 21.1. The van der Waals surface area contributed by atoms with Crippen molar-refractivity contribution in [2.45, 2.75) is 11.4 Å². The fourth-order valence-corrected chi connectivity index (χ4v) is 4.93. The second-order valence-electron chi connectivity index (χ2n) is 6.19.